The Labute approximate surface area is 173 Å². The highest BCUT2D eigenvalue weighted by Crippen LogP contribution is 2.31. The molecule has 0 amide bonds. The maximum absolute atomic E-state index is 13.0. The van der Waals surface area contributed by atoms with Crippen molar-refractivity contribution in [3.8, 4) is 0 Å². The van der Waals surface area contributed by atoms with Crippen LogP contribution in [0.15, 0.2) is 30.3 Å². The van der Waals surface area contributed by atoms with Crippen LogP contribution in [0.4, 0.5) is 0 Å². The number of esters is 1. The molecule has 1 aromatic rings. The van der Waals surface area contributed by atoms with Crippen molar-refractivity contribution in [1.82, 2.24) is 0 Å². The van der Waals surface area contributed by atoms with Gasteiger partial charge in [0.2, 0.25) is 4.38 Å². The van der Waals surface area contributed by atoms with Crippen molar-refractivity contribution in [2.45, 2.75) is 51.2 Å². The van der Waals surface area contributed by atoms with Crippen LogP contribution in [0.1, 0.15) is 30.6 Å². The zero-order chi connectivity index (χ0) is 20.4. The zero-order valence-electron chi connectivity index (χ0n) is 16.8. The summed E-state index contributed by atoms with van der Waals surface area (Å²) in [5.74, 6) is -1.49. The molecule has 4 nitrogen and oxygen atoms in total. The minimum absolute atomic E-state index is 0.0396. The summed E-state index contributed by atoms with van der Waals surface area (Å²) in [5.41, 5.74) is 0.527. The third-order valence-electron chi connectivity index (χ3n) is 3.81. The molecule has 0 aromatic heterocycles. The van der Waals surface area contributed by atoms with Gasteiger partial charge in [-0.3, -0.25) is 9.59 Å². The molecule has 0 aliphatic heterocycles. The molecule has 2 unspecified atom stereocenters. The highest BCUT2D eigenvalue weighted by molar-refractivity contribution is 8.23. The van der Waals surface area contributed by atoms with E-state index in [-0.39, 0.29) is 17.6 Å². The first kappa shape index (κ1) is 23.9. The summed E-state index contributed by atoms with van der Waals surface area (Å²) < 4.78 is 11.1. The van der Waals surface area contributed by atoms with Gasteiger partial charge in [-0.1, -0.05) is 61.7 Å². The standard InChI is InChI=1S/C20H30O4S2Si/c1-6-23-19(22)17(18(21)15-11-9-8-10-12-15)13-16(14-27(3,4)5)26-20(25)24-7-2/h8-12,16-17H,6-7,13-14H2,1-5H3. The maximum Gasteiger partial charge on any atom is 0.316 e. The summed E-state index contributed by atoms with van der Waals surface area (Å²) in [4.78, 5) is 25.6. The van der Waals surface area contributed by atoms with Gasteiger partial charge in [0.15, 0.2) is 5.78 Å². The van der Waals surface area contributed by atoms with E-state index < -0.39 is 20.0 Å². The van der Waals surface area contributed by atoms with Crippen LogP contribution >= 0.6 is 24.0 Å². The average Bonchev–Trinajstić information content (AvgIpc) is 2.58. The lowest BCUT2D eigenvalue weighted by Crippen LogP contribution is -2.33. The lowest BCUT2D eigenvalue weighted by Gasteiger charge is -2.26. The molecule has 0 heterocycles. The molecule has 2 atom stereocenters. The molecule has 0 saturated carbocycles. The minimum atomic E-state index is -1.44. The topological polar surface area (TPSA) is 52.6 Å². The van der Waals surface area contributed by atoms with Crippen LogP contribution in [0.3, 0.4) is 0 Å². The van der Waals surface area contributed by atoms with Crippen molar-refractivity contribution in [3.05, 3.63) is 35.9 Å². The van der Waals surface area contributed by atoms with Gasteiger partial charge in [0.25, 0.3) is 0 Å². The first-order valence-corrected chi connectivity index (χ1v) is 14.3. The molecule has 1 rings (SSSR count). The van der Waals surface area contributed by atoms with Gasteiger partial charge in [-0.15, -0.1) is 0 Å². The maximum atomic E-state index is 13.0. The molecule has 0 bridgehead atoms. The minimum Gasteiger partial charge on any atom is -0.479 e. The van der Waals surface area contributed by atoms with Crippen molar-refractivity contribution in [1.29, 1.82) is 0 Å². The number of Topliss-reactive ketones (excluding diaryl/α,β-unsaturated/α-hetero) is 1. The highest BCUT2D eigenvalue weighted by atomic mass is 32.2. The number of benzene rings is 1. The van der Waals surface area contributed by atoms with E-state index in [4.69, 9.17) is 21.7 Å². The van der Waals surface area contributed by atoms with E-state index in [0.717, 1.165) is 6.04 Å². The van der Waals surface area contributed by atoms with E-state index in [9.17, 15) is 9.59 Å². The van der Waals surface area contributed by atoms with Gasteiger partial charge in [-0.2, -0.15) is 0 Å². The number of ketones is 1. The number of thiocarbonyl (C=S) groups is 1. The Morgan fingerprint density at radius 1 is 1.07 bits per heavy atom. The smallest absolute Gasteiger partial charge is 0.316 e. The van der Waals surface area contributed by atoms with Gasteiger partial charge in [0.05, 0.1) is 13.2 Å². The Kier molecular flexibility index (Phi) is 10.3. The summed E-state index contributed by atoms with van der Waals surface area (Å²) in [6, 6.07) is 9.85. The van der Waals surface area contributed by atoms with Crippen LogP contribution in [0.5, 0.6) is 0 Å². The number of rotatable bonds is 10. The molecular formula is C20H30O4S2Si. The van der Waals surface area contributed by atoms with Crippen LogP contribution in [0, 0.1) is 5.92 Å². The number of hydrogen-bond donors (Lipinski definition) is 0. The van der Waals surface area contributed by atoms with Gasteiger partial charge in [0, 0.05) is 18.9 Å². The molecular weight excluding hydrogens is 396 g/mol. The number of thioether (sulfide) groups is 1. The lowest BCUT2D eigenvalue weighted by molar-refractivity contribution is -0.146. The second-order valence-corrected chi connectivity index (χ2v) is 14.9. The van der Waals surface area contributed by atoms with Crippen molar-refractivity contribution >= 4 is 48.2 Å². The van der Waals surface area contributed by atoms with Gasteiger partial charge in [-0.05, 0) is 38.5 Å². The Hall–Kier alpha value is -1.18. The second kappa shape index (κ2) is 11.6. The molecule has 0 radical (unpaired) electrons. The monoisotopic (exact) mass is 426 g/mol. The van der Waals surface area contributed by atoms with E-state index in [2.05, 4.69) is 19.6 Å². The summed E-state index contributed by atoms with van der Waals surface area (Å²) in [6.07, 6.45) is 0.398. The van der Waals surface area contributed by atoms with Gasteiger partial charge in [0.1, 0.15) is 5.92 Å². The van der Waals surface area contributed by atoms with E-state index in [0.29, 0.717) is 23.0 Å². The predicted octanol–water partition coefficient (Wildman–Crippen LogP) is 5.20. The summed E-state index contributed by atoms with van der Waals surface area (Å²) in [7, 11) is -1.44. The Morgan fingerprint density at radius 3 is 2.19 bits per heavy atom. The van der Waals surface area contributed by atoms with E-state index >= 15 is 0 Å². The summed E-state index contributed by atoms with van der Waals surface area (Å²) >= 11 is 6.76. The van der Waals surface area contributed by atoms with Crippen molar-refractivity contribution in [2.24, 2.45) is 5.92 Å². The fourth-order valence-electron chi connectivity index (χ4n) is 2.76. The highest BCUT2D eigenvalue weighted by Gasteiger charge is 2.34. The summed E-state index contributed by atoms with van der Waals surface area (Å²) in [6.45, 7) is 11.2. The second-order valence-electron chi connectivity index (χ2n) is 7.46. The van der Waals surface area contributed by atoms with Gasteiger partial charge >= 0.3 is 5.97 Å². The molecule has 0 spiro atoms. The van der Waals surface area contributed by atoms with Crippen LogP contribution in [-0.2, 0) is 14.3 Å². The normalized spacial score (nSPS) is 13.5. The fraction of sp³-hybridized carbons (Fsp3) is 0.550. The van der Waals surface area contributed by atoms with Crippen LogP contribution in [0.2, 0.25) is 25.7 Å². The number of ether oxygens (including phenoxy) is 2. The SMILES string of the molecule is CCOC(=O)C(CC(C[Si](C)(C)C)SC(=S)OCC)C(=O)c1ccccc1. The lowest BCUT2D eigenvalue weighted by atomic mass is 9.93. The fourth-order valence-corrected chi connectivity index (χ4v) is 7.40. The van der Waals surface area contributed by atoms with Crippen molar-refractivity contribution in [2.75, 3.05) is 13.2 Å². The Balaban J connectivity index is 3.07. The first-order valence-electron chi connectivity index (χ1n) is 9.27. The number of carbonyl (C=O) groups excluding carboxylic acids is 2. The largest absolute Gasteiger partial charge is 0.479 e. The first-order chi connectivity index (χ1) is 12.7. The summed E-state index contributed by atoms with van der Waals surface area (Å²) in [5, 5.41) is 0.0396. The molecule has 7 heteroatoms. The van der Waals surface area contributed by atoms with E-state index in [1.165, 1.54) is 11.8 Å². The van der Waals surface area contributed by atoms with Crippen LogP contribution < -0.4 is 0 Å². The molecule has 0 aliphatic carbocycles. The average molecular weight is 427 g/mol. The molecule has 27 heavy (non-hydrogen) atoms. The predicted molar refractivity (Wildman–Crippen MR) is 119 cm³/mol. The number of carbonyl (C=O) groups is 2. The number of hydrogen-bond acceptors (Lipinski definition) is 6. The van der Waals surface area contributed by atoms with Gasteiger partial charge < -0.3 is 9.47 Å². The van der Waals surface area contributed by atoms with E-state index in [1.54, 1.807) is 31.2 Å². The molecule has 0 saturated heterocycles. The molecule has 150 valence electrons. The van der Waals surface area contributed by atoms with E-state index in [1.807, 2.05) is 13.0 Å². The van der Waals surface area contributed by atoms with Gasteiger partial charge in [-0.25, -0.2) is 0 Å². The molecule has 0 aliphatic rings. The van der Waals surface area contributed by atoms with Crippen LogP contribution in [-0.4, -0.2) is 42.7 Å². The zero-order valence-corrected chi connectivity index (χ0v) is 19.5. The Morgan fingerprint density at radius 2 is 1.67 bits per heavy atom. The third-order valence-corrected chi connectivity index (χ3v) is 7.23. The molecule has 0 N–H and O–H groups in total. The molecule has 0 fully saturated rings. The van der Waals surface area contributed by atoms with Crippen molar-refractivity contribution < 1.29 is 19.1 Å². The quantitative estimate of drug-likeness (QED) is 0.168. The molecule has 1 aromatic carbocycles. The third kappa shape index (κ3) is 9.03. The van der Waals surface area contributed by atoms with Crippen molar-refractivity contribution in [3.63, 3.8) is 0 Å². The van der Waals surface area contributed by atoms with Crippen LogP contribution in [0.25, 0.3) is 0 Å². The Bertz CT molecular complexity index is 629.